The van der Waals surface area contributed by atoms with Crippen molar-refractivity contribution in [3.63, 3.8) is 0 Å². The lowest BCUT2D eigenvalue weighted by Crippen LogP contribution is -1.74. The van der Waals surface area contributed by atoms with E-state index in [0.29, 0.717) is 0 Å². The van der Waals surface area contributed by atoms with Crippen LogP contribution in [-0.4, -0.2) is 15.2 Å². The second-order valence-corrected chi connectivity index (χ2v) is 4.82. The number of thiazole rings is 1. The summed E-state index contributed by atoms with van der Waals surface area (Å²) in [7, 11) is 0. The van der Waals surface area contributed by atoms with Gasteiger partial charge in [-0.05, 0) is 28.8 Å². The van der Waals surface area contributed by atoms with Crippen LogP contribution in [-0.2, 0) is 0 Å². The van der Waals surface area contributed by atoms with Crippen LogP contribution < -0.4 is 0 Å². The van der Waals surface area contributed by atoms with Crippen LogP contribution in [0.25, 0.3) is 10.3 Å². The van der Waals surface area contributed by atoms with Gasteiger partial charge in [0, 0.05) is 5.92 Å². The molecule has 1 N–H and O–H groups in total. The minimum atomic E-state index is 0.732. The number of hydrogen-bond acceptors (Lipinski definition) is 3. The minimum absolute atomic E-state index is 0.732. The van der Waals surface area contributed by atoms with Crippen molar-refractivity contribution in [3.05, 3.63) is 9.61 Å². The van der Waals surface area contributed by atoms with Crippen molar-refractivity contribution in [3.8, 4) is 0 Å². The molecule has 0 bridgehead atoms. The number of aromatic amines is 1. The number of nitrogens with one attached hydrogen (secondary N) is 1. The van der Waals surface area contributed by atoms with Gasteiger partial charge in [0.1, 0.15) is 10.1 Å². The van der Waals surface area contributed by atoms with Crippen LogP contribution in [0.2, 0.25) is 0 Å². The fourth-order valence-corrected chi connectivity index (χ4v) is 2.77. The lowest BCUT2D eigenvalue weighted by molar-refractivity contribution is 1.08. The molecule has 5 heteroatoms. The zero-order valence-corrected chi connectivity index (χ0v) is 8.57. The average molecular weight is 244 g/mol. The third kappa shape index (κ3) is 0.927. The molecule has 2 aromatic rings. The Labute approximate surface area is 81.3 Å². The second kappa shape index (κ2) is 2.29. The maximum atomic E-state index is 4.51. The van der Waals surface area contributed by atoms with E-state index >= 15 is 0 Å². The molecule has 1 fully saturated rings. The van der Waals surface area contributed by atoms with E-state index in [9.17, 15) is 0 Å². The molecule has 0 spiro atoms. The van der Waals surface area contributed by atoms with Gasteiger partial charge in [-0.15, -0.1) is 0 Å². The van der Waals surface area contributed by atoms with Gasteiger partial charge in [0.05, 0.1) is 5.01 Å². The molecule has 0 amide bonds. The van der Waals surface area contributed by atoms with Gasteiger partial charge in [-0.1, -0.05) is 11.3 Å². The first-order chi connectivity index (χ1) is 5.84. The van der Waals surface area contributed by atoms with Gasteiger partial charge in [0.2, 0.25) is 0 Å². The van der Waals surface area contributed by atoms with Crippen molar-refractivity contribution in [1.82, 2.24) is 15.2 Å². The van der Waals surface area contributed by atoms with E-state index < -0.39 is 0 Å². The van der Waals surface area contributed by atoms with Crippen molar-refractivity contribution >= 4 is 37.6 Å². The van der Waals surface area contributed by atoms with Crippen molar-refractivity contribution in [2.45, 2.75) is 18.8 Å². The maximum Gasteiger partial charge on any atom is 0.166 e. The number of nitrogens with zero attached hydrogens (tertiary/aromatic N) is 2. The molecule has 12 heavy (non-hydrogen) atoms. The monoisotopic (exact) mass is 243 g/mol. The van der Waals surface area contributed by atoms with Crippen LogP contribution in [0.3, 0.4) is 0 Å². The van der Waals surface area contributed by atoms with E-state index in [2.05, 4.69) is 31.1 Å². The van der Waals surface area contributed by atoms with E-state index in [-0.39, 0.29) is 0 Å². The van der Waals surface area contributed by atoms with Gasteiger partial charge in [-0.2, -0.15) is 5.10 Å². The van der Waals surface area contributed by atoms with Crippen LogP contribution in [0, 0.1) is 0 Å². The number of rotatable bonds is 1. The molecule has 0 unspecified atom stereocenters. The molecule has 1 saturated carbocycles. The minimum Gasteiger partial charge on any atom is -0.268 e. The number of H-pyrrole nitrogens is 1. The predicted molar refractivity (Wildman–Crippen MR) is 51.4 cm³/mol. The van der Waals surface area contributed by atoms with E-state index in [0.717, 1.165) is 20.9 Å². The van der Waals surface area contributed by atoms with Crippen molar-refractivity contribution in [1.29, 1.82) is 0 Å². The van der Waals surface area contributed by atoms with Crippen LogP contribution in [0.1, 0.15) is 23.8 Å². The van der Waals surface area contributed by atoms with E-state index in [4.69, 9.17) is 0 Å². The number of fused-ring (bicyclic) bond motifs is 1. The van der Waals surface area contributed by atoms with Gasteiger partial charge in [0.25, 0.3) is 0 Å². The zero-order valence-electron chi connectivity index (χ0n) is 6.17. The highest BCUT2D eigenvalue weighted by molar-refractivity contribution is 9.10. The fraction of sp³-hybridized carbons (Fsp3) is 0.429. The predicted octanol–water partition coefficient (Wildman–Crippen LogP) is 2.66. The lowest BCUT2D eigenvalue weighted by Gasteiger charge is -1.83. The lowest BCUT2D eigenvalue weighted by atomic mass is 10.4. The number of halogens is 1. The summed E-state index contributed by atoms with van der Waals surface area (Å²) in [6, 6.07) is 0. The number of aromatic nitrogens is 3. The van der Waals surface area contributed by atoms with Crippen LogP contribution in [0.4, 0.5) is 0 Å². The normalized spacial score (nSPS) is 17.4. The van der Waals surface area contributed by atoms with Crippen LogP contribution in [0.15, 0.2) is 4.60 Å². The Balaban J connectivity index is 2.23. The summed E-state index contributed by atoms with van der Waals surface area (Å²) in [5.74, 6) is 0.732. The molecule has 3 nitrogen and oxygen atoms in total. The van der Waals surface area contributed by atoms with Gasteiger partial charge in [-0.25, -0.2) is 4.98 Å². The highest BCUT2D eigenvalue weighted by Gasteiger charge is 2.27. The first kappa shape index (κ1) is 7.03. The third-order valence-corrected chi connectivity index (χ3v) is 3.68. The Morgan fingerprint density at radius 3 is 3.00 bits per heavy atom. The molecule has 62 valence electrons. The Hall–Kier alpha value is -0.420. The van der Waals surface area contributed by atoms with Crippen LogP contribution >= 0.6 is 27.3 Å². The first-order valence-electron chi connectivity index (χ1n) is 3.85. The summed E-state index contributed by atoms with van der Waals surface area (Å²) in [5.41, 5.74) is 0.988. The molecule has 0 aromatic carbocycles. The largest absolute Gasteiger partial charge is 0.268 e. The second-order valence-electron chi connectivity index (χ2n) is 3.02. The highest BCUT2D eigenvalue weighted by atomic mass is 79.9. The summed E-state index contributed by atoms with van der Waals surface area (Å²) in [6.45, 7) is 0. The molecular weight excluding hydrogens is 238 g/mol. The standard InChI is InChI=1S/C7H6BrN3S/c8-5-4-7(11-10-5)12-6(9-4)3-1-2-3/h3H,1-2H2,(H,10,11). The van der Waals surface area contributed by atoms with Crippen molar-refractivity contribution < 1.29 is 0 Å². The van der Waals surface area contributed by atoms with Crippen molar-refractivity contribution in [2.75, 3.05) is 0 Å². The Morgan fingerprint density at radius 2 is 2.33 bits per heavy atom. The fourth-order valence-electron chi connectivity index (χ4n) is 1.20. The Morgan fingerprint density at radius 1 is 1.50 bits per heavy atom. The molecule has 0 saturated heterocycles. The topological polar surface area (TPSA) is 41.6 Å². The maximum absolute atomic E-state index is 4.51. The molecule has 3 rings (SSSR count). The quantitative estimate of drug-likeness (QED) is 0.837. The SMILES string of the molecule is Brc1[nH]nc2sc(C3CC3)nc12. The molecule has 0 atom stereocenters. The van der Waals surface area contributed by atoms with Crippen LogP contribution in [0.5, 0.6) is 0 Å². The van der Waals surface area contributed by atoms with Gasteiger partial charge in [0.15, 0.2) is 4.83 Å². The molecule has 0 radical (unpaired) electrons. The van der Waals surface area contributed by atoms with Crippen molar-refractivity contribution in [2.24, 2.45) is 0 Å². The highest BCUT2D eigenvalue weighted by Crippen LogP contribution is 2.43. The smallest absolute Gasteiger partial charge is 0.166 e. The van der Waals surface area contributed by atoms with E-state index in [1.54, 1.807) is 11.3 Å². The molecule has 0 aliphatic heterocycles. The summed E-state index contributed by atoms with van der Waals surface area (Å²) >= 11 is 5.08. The first-order valence-corrected chi connectivity index (χ1v) is 5.46. The van der Waals surface area contributed by atoms with E-state index in [1.165, 1.54) is 17.8 Å². The Bertz CT molecular complexity index is 429. The molecule has 2 heterocycles. The average Bonchev–Trinajstić information content (AvgIpc) is 2.73. The molecule has 2 aromatic heterocycles. The third-order valence-electron chi connectivity index (χ3n) is 2.02. The summed E-state index contributed by atoms with van der Waals surface area (Å²) in [6.07, 6.45) is 2.61. The summed E-state index contributed by atoms with van der Waals surface area (Å²) in [4.78, 5) is 5.53. The van der Waals surface area contributed by atoms with E-state index in [1.807, 2.05) is 0 Å². The van der Waals surface area contributed by atoms with Gasteiger partial charge < -0.3 is 0 Å². The molecule has 1 aliphatic rings. The molecular formula is C7H6BrN3S. The summed E-state index contributed by atoms with van der Waals surface area (Å²) in [5, 5.41) is 8.24. The molecule has 1 aliphatic carbocycles. The summed E-state index contributed by atoms with van der Waals surface area (Å²) < 4.78 is 0.903. The zero-order chi connectivity index (χ0) is 8.13. The Kier molecular flexibility index (Phi) is 1.34. The van der Waals surface area contributed by atoms with Gasteiger partial charge in [-0.3, -0.25) is 5.10 Å². The number of hydrogen-bond donors (Lipinski definition) is 1. The van der Waals surface area contributed by atoms with Gasteiger partial charge >= 0.3 is 0 Å².